The van der Waals surface area contributed by atoms with Crippen molar-refractivity contribution in [3.05, 3.63) is 39.1 Å². The summed E-state index contributed by atoms with van der Waals surface area (Å²) < 4.78 is 20.3. The van der Waals surface area contributed by atoms with Gasteiger partial charge in [0, 0.05) is 38.8 Å². The van der Waals surface area contributed by atoms with Crippen molar-refractivity contribution in [2.75, 3.05) is 44.7 Å². The zero-order valence-electron chi connectivity index (χ0n) is 14.2. The van der Waals surface area contributed by atoms with Gasteiger partial charge in [0.15, 0.2) is 0 Å². The van der Waals surface area contributed by atoms with Gasteiger partial charge in [-0.05, 0) is 25.1 Å². The second-order valence-electron chi connectivity index (χ2n) is 6.01. The normalized spacial score (nSPS) is 15.5. The highest BCUT2D eigenvalue weighted by molar-refractivity contribution is 7.07. The fraction of sp³-hybridized carbons (Fsp3) is 0.471. The first-order valence-corrected chi connectivity index (χ1v) is 9.14. The Hall–Kier alpha value is -2.06. The van der Waals surface area contributed by atoms with Gasteiger partial charge in [-0.3, -0.25) is 14.3 Å². The molecule has 8 heteroatoms. The maximum atomic E-state index is 13.5. The van der Waals surface area contributed by atoms with Crippen molar-refractivity contribution >= 4 is 17.0 Å². The van der Waals surface area contributed by atoms with Crippen molar-refractivity contribution < 1.29 is 14.2 Å². The Morgan fingerprint density at radius 3 is 2.64 bits per heavy atom. The second kappa shape index (κ2) is 7.88. The van der Waals surface area contributed by atoms with E-state index in [-0.39, 0.29) is 16.6 Å². The van der Waals surface area contributed by atoms with Crippen LogP contribution in [0.4, 0.5) is 10.1 Å². The van der Waals surface area contributed by atoms with Crippen molar-refractivity contribution in [3.63, 3.8) is 0 Å². The van der Waals surface area contributed by atoms with E-state index in [4.69, 9.17) is 4.74 Å². The summed E-state index contributed by atoms with van der Waals surface area (Å²) in [6, 6.07) is 4.57. The molecule has 0 bridgehead atoms. The minimum Gasteiger partial charge on any atom is -0.495 e. The summed E-state index contributed by atoms with van der Waals surface area (Å²) in [5.74, 6) is 0.458. The third-order valence-electron chi connectivity index (χ3n) is 4.47. The van der Waals surface area contributed by atoms with E-state index >= 15 is 0 Å². The first kappa shape index (κ1) is 17.8. The maximum absolute atomic E-state index is 13.5. The van der Waals surface area contributed by atoms with E-state index in [1.165, 1.54) is 22.1 Å². The van der Waals surface area contributed by atoms with Crippen molar-refractivity contribution in [1.82, 2.24) is 9.47 Å². The summed E-state index contributed by atoms with van der Waals surface area (Å²) in [6.45, 7) is 4.70. The summed E-state index contributed by atoms with van der Waals surface area (Å²) in [6.07, 6.45) is 0.799. The van der Waals surface area contributed by atoms with E-state index in [1.54, 1.807) is 13.2 Å². The van der Waals surface area contributed by atoms with Crippen LogP contribution in [0.2, 0.25) is 0 Å². The summed E-state index contributed by atoms with van der Waals surface area (Å²) >= 11 is 1.01. The quantitative estimate of drug-likeness (QED) is 0.846. The number of anilines is 1. The number of halogens is 1. The molecule has 1 aromatic heterocycles. The van der Waals surface area contributed by atoms with Gasteiger partial charge < -0.3 is 14.7 Å². The van der Waals surface area contributed by atoms with Crippen LogP contribution < -0.4 is 14.5 Å². The molecule has 1 aromatic carbocycles. The number of hydrogen-bond acceptors (Lipinski definition) is 6. The first-order chi connectivity index (χ1) is 12.1. The van der Waals surface area contributed by atoms with Crippen LogP contribution in [0, 0.1) is 5.82 Å². The molecule has 1 fully saturated rings. The van der Waals surface area contributed by atoms with Crippen LogP contribution in [0.1, 0.15) is 6.42 Å². The fourth-order valence-electron chi connectivity index (χ4n) is 3.10. The third kappa shape index (κ3) is 4.13. The smallest absolute Gasteiger partial charge is 0.309 e. The van der Waals surface area contributed by atoms with Gasteiger partial charge >= 0.3 is 4.87 Å². The molecule has 1 aliphatic rings. The molecule has 1 N–H and O–H groups in total. The molecule has 2 aromatic rings. The van der Waals surface area contributed by atoms with Crippen LogP contribution in [-0.4, -0.2) is 54.4 Å². The lowest BCUT2D eigenvalue weighted by atomic mass is 10.2. The van der Waals surface area contributed by atoms with Gasteiger partial charge in [0.25, 0.3) is 0 Å². The molecule has 0 unspecified atom stereocenters. The molecule has 1 saturated heterocycles. The summed E-state index contributed by atoms with van der Waals surface area (Å²) in [5.41, 5.74) is 0.789. The molecule has 0 radical (unpaired) electrons. The third-order valence-corrected chi connectivity index (χ3v) is 5.22. The number of hydrogen-bond donors (Lipinski definition) is 1. The van der Waals surface area contributed by atoms with Crippen molar-refractivity contribution in [2.45, 2.75) is 13.0 Å². The number of aromatic hydroxyl groups is 1. The summed E-state index contributed by atoms with van der Waals surface area (Å²) in [7, 11) is 1.59. The minimum atomic E-state index is -0.265. The largest absolute Gasteiger partial charge is 0.495 e. The zero-order valence-corrected chi connectivity index (χ0v) is 15.0. The maximum Gasteiger partial charge on any atom is 0.309 e. The molecule has 25 heavy (non-hydrogen) atoms. The van der Waals surface area contributed by atoms with E-state index in [0.717, 1.165) is 56.2 Å². The second-order valence-corrected chi connectivity index (χ2v) is 6.83. The van der Waals surface area contributed by atoms with Gasteiger partial charge in [-0.25, -0.2) is 4.39 Å². The van der Waals surface area contributed by atoms with Crippen molar-refractivity contribution in [3.8, 4) is 11.6 Å². The molecule has 0 saturated carbocycles. The van der Waals surface area contributed by atoms with Gasteiger partial charge in [0.1, 0.15) is 11.6 Å². The Bertz CT molecular complexity index is 769. The monoisotopic (exact) mass is 367 g/mol. The Balaban J connectivity index is 1.51. The predicted molar refractivity (Wildman–Crippen MR) is 96.5 cm³/mol. The first-order valence-electron chi connectivity index (χ1n) is 8.26. The number of ether oxygens (including phenoxy) is 1. The standard InChI is InChI=1S/C17H22FN3O3S/c1-24-15-4-3-13(18)11-14(15)20-9-7-19(8-10-20)5-2-6-21-16(22)12-25-17(21)23/h3-4,11-12,22H,2,5-10H2,1H3. The summed E-state index contributed by atoms with van der Waals surface area (Å²) in [5, 5.41) is 11.1. The lowest BCUT2D eigenvalue weighted by Crippen LogP contribution is -2.47. The van der Waals surface area contributed by atoms with Crippen LogP contribution in [0.25, 0.3) is 0 Å². The van der Waals surface area contributed by atoms with Crippen LogP contribution in [0.15, 0.2) is 28.4 Å². The number of aromatic nitrogens is 1. The molecule has 0 spiro atoms. The molecular formula is C17H22FN3O3S. The minimum absolute atomic E-state index is 0.0398. The van der Waals surface area contributed by atoms with Crippen molar-refractivity contribution in [2.24, 2.45) is 0 Å². The molecule has 1 aliphatic heterocycles. The molecule has 136 valence electrons. The van der Waals surface area contributed by atoms with E-state index in [9.17, 15) is 14.3 Å². The molecule has 0 atom stereocenters. The molecule has 6 nitrogen and oxygen atoms in total. The van der Waals surface area contributed by atoms with Gasteiger partial charge in [0.05, 0.1) is 18.2 Å². The van der Waals surface area contributed by atoms with Crippen molar-refractivity contribution in [1.29, 1.82) is 0 Å². The molecule has 2 heterocycles. The van der Waals surface area contributed by atoms with Crippen LogP contribution in [0.5, 0.6) is 11.6 Å². The number of methoxy groups -OCH3 is 1. The molecule has 0 aliphatic carbocycles. The van der Waals surface area contributed by atoms with E-state index in [0.29, 0.717) is 12.3 Å². The van der Waals surface area contributed by atoms with Gasteiger partial charge in [0.2, 0.25) is 5.88 Å². The highest BCUT2D eigenvalue weighted by Gasteiger charge is 2.20. The lowest BCUT2D eigenvalue weighted by Gasteiger charge is -2.36. The van der Waals surface area contributed by atoms with Gasteiger partial charge in [-0.15, -0.1) is 0 Å². The molecular weight excluding hydrogens is 345 g/mol. The van der Waals surface area contributed by atoms with E-state index < -0.39 is 0 Å². The predicted octanol–water partition coefficient (Wildman–Crippen LogP) is 1.98. The number of piperazine rings is 1. The van der Waals surface area contributed by atoms with E-state index in [1.807, 2.05) is 0 Å². The highest BCUT2D eigenvalue weighted by Crippen LogP contribution is 2.29. The van der Waals surface area contributed by atoms with Gasteiger partial charge in [-0.1, -0.05) is 11.3 Å². The SMILES string of the molecule is COc1ccc(F)cc1N1CCN(CCCn2c(O)csc2=O)CC1. The van der Waals surface area contributed by atoms with Crippen LogP contribution in [0.3, 0.4) is 0 Å². The van der Waals surface area contributed by atoms with Gasteiger partial charge in [-0.2, -0.15) is 0 Å². The van der Waals surface area contributed by atoms with Crippen LogP contribution in [-0.2, 0) is 6.54 Å². The van der Waals surface area contributed by atoms with Crippen LogP contribution >= 0.6 is 11.3 Å². The molecule has 3 rings (SSSR count). The average molecular weight is 367 g/mol. The van der Waals surface area contributed by atoms with E-state index in [2.05, 4.69) is 9.80 Å². The lowest BCUT2D eigenvalue weighted by molar-refractivity contribution is 0.247. The topological polar surface area (TPSA) is 57.9 Å². The number of nitrogens with zero attached hydrogens (tertiary/aromatic N) is 3. The Morgan fingerprint density at radius 1 is 1.24 bits per heavy atom. The Labute approximate surface area is 149 Å². The number of thiazole rings is 1. The number of rotatable bonds is 6. The zero-order chi connectivity index (χ0) is 17.8. The molecule has 0 amide bonds. The fourth-order valence-corrected chi connectivity index (χ4v) is 3.75. The average Bonchev–Trinajstić information content (AvgIpc) is 2.94. The Morgan fingerprint density at radius 2 is 2.00 bits per heavy atom. The summed E-state index contributed by atoms with van der Waals surface area (Å²) in [4.78, 5) is 15.9. The Kier molecular flexibility index (Phi) is 5.60. The highest BCUT2D eigenvalue weighted by atomic mass is 32.1. The number of benzene rings is 1.